The van der Waals surface area contributed by atoms with Crippen LogP contribution in [0.2, 0.25) is 0 Å². The highest BCUT2D eigenvalue weighted by Crippen LogP contribution is 2.41. The molecule has 1 aliphatic heterocycles. The maximum absolute atomic E-state index is 14.2. The fraction of sp³-hybridized carbons (Fsp3) is 0.263. The summed E-state index contributed by atoms with van der Waals surface area (Å²) in [6.45, 7) is -0.195. The van der Waals surface area contributed by atoms with E-state index in [0.717, 1.165) is 5.56 Å². The largest absolute Gasteiger partial charge is 0.322 e. The lowest BCUT2D eigenvalue weighted by molar-refractivity contribution is 0.0117. The molecule has 1 amide bonds. The topological polar surface area (TPSA) is 63.9 Å². The number of aromatic nitrogens is 4. The number of carbonyl (C=O) groups excluding carboxylic acids is 1. The Bertz CT molecular complexity index is 930. The van der Waals surface area contributed by atoms with E-state index >= 15 is 0 Å². The molecule has 0 spiro atoms. The second-order valence-electron chi connectivity index (χ2n) is 6.55. The van der Waals surface area contributed by atoms with Crippen molar-refractivity contribution in [1.29, 1.82) is 0 Å². The van der Waals surface area contributed by atoms with Gasteiger partial charge in [0.25, 0.3) is 11.8 Å². The Balaban J connectivity index is 1.65. The Labute approximate surface area is 154 Å². The number of rotatable bonds is 4. The molecule has 0 unspecified atom stereocenters. The van der Waals surface area contributed by atoms with Crippen LogP contribution in [0.25, 0.3) is 0 Å². The number of benzene rings is 1. The van der Waals surface area contributed by atoms with Gasteiger partial charge in [0.1, 0.15) is 6.33 Å². The van der Waals surface area contributed by atoms with Gasteiger partial charge in [-0.05, 0) is 17.7 Å². The minimum absolute atomic E-state index is 0.321. The monoisotopic (exact) mass is 369 g/mol. The highest BCUT2D eigenvalue weighted by atomic mass is 19.3. The van der Waals surface area contributed by atoms with Crippen LogP contribution in [0.1, 0.15) is 34.2 Å². The molecule has 0 aliphatic carbocycles. The van der Waals surface area contributed by atoms with E-state index in [9.17, 15) is 13.6 Å². The van der Waals surface area contributed by atoms with E-state index in [4.69, 9.17) is 0 Å². The van der Waals surface area contributed by atoms with Crippen molar-refractivity contribution in [2.75, 3.05) is 6.54 Å². The number of halogens is 2. The highest BCUT2D eigenvalue weighted by molar-refractivity contribution is 5.94. The predicted octanol–water partition coefficient (Wildman–Crippen LogP) is 2.94. The van der Waals surface area contributed by atoms with Gasteiger partial charge in [-0.2, -0.15) is 0 Å². The van der Waals surface area contributed by atoms with E-state index in [1.807, 2.05) is 30.3 Å². The molecule has 1 aromatic carbocycles. The number of nitrogens with zero attached hydrogens (tertiary/aromatic N) is 5. The average Bonchev–Trinajstić information content (AvgIpc) is 3.26. The van der Waals surface area contributed by atoms with Crippen LogP contribution in [0.15, 0.2) is 61.2 Å². The molecule has 2 aromatic heterocycles. The van der Waals surface area contributed by atoms with Gasteiger partial charge >= 0.3 is 0 Å². The smallest absolute Gasteiger partial charge is 0.267 e. The number of alkyl halides is 2. The zero-order valence-corrected chi connectivity index (χ0v) is 14.4. The molecule has 6 nitrogen and oxygen atoms in total. The van der Waals surface area contributed by atoms with Crippen molar-refractivity contribution in [3.05, 3.63) is 78.1 Å². The number of carbonyl (C=O) groups is 1. The summed E-state index contributed by atoms with van der Waals surface area (Å²) in [6.07, 6.45) is 3.97. The molecule has 8 heteroatoms. The molecule has 4 rings (SSSR count). The first-order valence-corrected chi connectivity index (χ1v) is 8.54. The first-order chi connectivity index (χ1) is 13.0. The van der Waals surface area contributed by atoms with Gasteiger partial charge in [-0.15, -0.1) is 10.2 Å². The summed E-state index contributed by atoms with van der Waals surface area (Å²) >= 11 is 0. The van der Waals surface area contributed by atoms with Crippen molar-refractivity contribution in [3.8, 4) is 0 Å². The molecule has 0 radical (unpaired) electrons. The lowest BCUT2D eigenvalue weighted by atomic mass is 10.1. The molecule has 138 valence electrons. The fourth-order valence-electron chi connectivity index (χ4n) is 3.35. The molecule has 0 N–H and O–H groups in total. The molecule has 0 saturated carbocycles. The van der Waals surface area contributed by atoms with Crippen LogP contribution in [0.5, 0.6) is 0 Å². The number of hydrogen-bond donors (Lipinski definition) is 0. The van der Waals surface area contributed by atoms with Gasteiger partial charge < -0.3 is 9.47 Å². The van der Waals surface area contributed by atoms with Crippen molar-refractivity contribution in [2.45, 2.75) is 24.9 Å². The van der Waals surface area contributed by atoms with Gasteiger partial charge in [0.2, 0.25) is 0 Å². The Hall–Kier alpha value is -3.16. The highest BCUT2D eigenvalue weighted by Gasteiger charge is 2.49. The molecular formula is C19H17F2N5O. The SMILES string of the molecule is O=C(c1ccncc1)N1CC(F)(F)C[C@H]1c1nncn1Cc1ccccc1. The zero-order valence-electron chi connectivity index (χ0n) is 14.4. The fourth-order valence-corrected chi connectivity index (χ4v) is 3.35. The third-order valence-corrected chi connectivity index (χ3v) is 4.60. The molecule has 3 heterocycles. The van der Waals surface area contributed by atoms with Crippen LogP contribution in [-0.4, -0.2) is 43.0 Å². The summed E-state index contributed by atoms with van der Waals surface area (Å²) in [6, 6.07) is 11.8. The van der Waals surface area contributed by atoms with E-state index < -0.39 is 30.8 Å². The number of hydrogen-bond acceptors (Lipinski definition) is 4. The summed E-state index contributed by atoms with van der Waals surface area (Å²) in [7, 11) is 0. The van der Waals surface area contributed by atoms with Crippen LogP contribution in [0.4, 0.5) is 8.78 Å². The van der Waals surface area contributed by atoms with Gasteiger partial charge in [-0.25, -0.2) is 8.78 Å². The lowest BCUT2D eigenvalue weighted by Crippen LogP contribution is -2.34. The van der Waals surface area contributed by atoms with Crippen molar-refractivity contribution >= 4 is 5.91 Å². The van der Waals surface area contributed by atoms with E-state index in [-0.39, 0.29) is 0 Å². The van der Waals surface area contributed by atoms with Crippen molar-refractivity contribution in [3.63, 3.8) is 0 Å². The first-order valence-electron chi connectivity index (χ1n) is 8.54. The Morgan fingerprint density at radius 2 is 1.89 bits per heavy atom. The van der Waals surface area contributed by atoms with E-state index in [1.54, 1.807) is 4.57 Å². The molecule has 1 fully saturated rings. The summed E-state index contributed by atoms with van der Waals surface area (Å²) in [5.41, 5.74) is 1.32. The first kappa shape index (κ1) is 17.3. The van der Waals surface area contributed by atoms with Crippen LogP contribution >= 0.6 is 0 Å². The predicted molar refractivity (Wildman–Crippen MR) is 93.1 cm³/mol. The lowest BCUT2D eigenvalue weighted by Gasteiger charge is -2.23. The van der Waals surface area contributed by atoms with Crippen LogP contribution in [0, 0.1) is 0 Å². The molecule has 27 heavy (non-hydrogen) atoms. The minimum atomic E-state index is -2.98. The van der Waals surface area contributed by atoms with E-state index in [2.05, 4.69) is 15.2 Å². The van der Waals surface area contributed by atoms with Crippen LogP contribution < -0.4 is 0 Å². The molecule has 1 atom stereocenters. The van der Waals surface area contributed by atoms with E-state index in [0.29, 0.717) is 17.9 Å². The van der Waals surface area contributed by atoms with Crippen molar-refractivity contribution < 1.29 is 13.6 Å². The van der Waals surface area contributed by atoms with Gasteiger partial charge in [-0.1, -0.05) is 30.3 Å². The Kier molecular flexibility index (Phi) is 4.39. The number of amides is 1. The zero-order chi connectivity index (χ0) is 18.9. The van der Waals surface area contributed by atoms with Crippen molar-refractivity contribution in [2.24, 2.45) is 0 Å². The minimum Gasteiger partial charge on any atom is -0.322 e. The third kappa shape index (κ3) is 3.55. The molecule has 0 bridgehead atoms. The average molecular weight is 369 g/mol. The molecule has 3 aromatic rings. The quantitative estimate of drug-likeness (QED) is 0.709. The molecule has 1 aliphatic rings. The number of pyridine rings is 1. The summed E-state index contributed by atoms with van der Waals surface area (Å²) in [5.74, 6) is -3.08. The van der Waals surface area contributed by atoms with Gasteiger partial charge in [0, 0.05) is 24.4 Å². The van der Waals surface area contributed by atoms with Gasteiger partial charge in [0.15, 0.2) is 5.82 Å². The third-order valence-electron chi connectivity index (χ3n) is 4.60. The number of likely N-dealkylation sites (tertiary alicyclic amines) is 1. The van der Waals surface area contributed by atoms with Crippen molar-refractivity contribution in [1.82, 2.24) is 24.6 Å². The summed E-state index contributed by atoms with van der Waals surface area (Å²) < 4.78 is 30.1. The maximum atomic E-state index is 14.2. The summed E-state index contributed by atoms with van der Waals surface area (Å²) in [5, 5.41) is 7.96. The van der Waals surface area contributed by atoms with Crippen LogP contribution in [0.3, 0.4) is 0 Å². The van der Waals surface area contributed by atoms with E-state index in [1.165, 1.54) is 35.8 Å². The maximum Gasteiger partial charge on any atom is 0.267 e. The van der Waals surface area contributed by atoms with Gasteiger partial charge in [-0.3, -0.25) is 9.78 Å². The second-order valence-corrected chi connectivity index (χ2v) is 6.55. The Morgan fingerprint density at radius 1 is 1.15 bits per heavy atom. The Morgan fingerprint density at radius 3 is 2.63 bits per heavy atom. The molecule has 1 saturated heterocycles. The standard InChI is InChI=1S/C19H17F2N5O/c20-19(21)10-16(26(12-19)18(27)15-6-8-22-9-7-15)17-24-23-13-25(17)11-14-4-2-1-3-5-14/h1-9,13,16H,10-12H2/t16-/m0/s1. The summed E-state index contributed by atoms with van der Waals surface area (Å²) in [4.78, 5) is 17.9. The van der Waals surface area contributed by atoms with Crippen LogP contribution in [-0.2, 0) is 6.54 Å². The second kappa shape index (κ2) is 6.86. The normalized spacial score (nSPS) is 18.6. The molecular weight excluding hydrogens is 352 g/mol. The van der Waals surface area contributed by atoms with Gasteiger partial charge in [0.05, 0.1) is 19.1 Å².